The first kappa shape index (κ1) is 18.2. The Morgan fingerprint density at radius 2 is 2.00 bits per heavy atom. The maximum atomic E-state index is 6.28. The van der Waals surface area contributed by atoms with Gasteiger partial charge in [-0.1, -0.05) is 18.6 Å². The largest absolute Gasteiger partial charge is 0.372 e. The summed E-state index contributed by atoms with van der Waals surface area (Å²) in [6, 6.07) is 11.0. The molecule has 3 heterocycles. The number of aromatic nitrogens is 2. The van der Waals surface area contributed by atoms with E-state index in [1.165, 1.54) is 33.3 Å². The molecular weight excluding hydrogens is 334 g/mol. The fourth-order valence-electron chi connectivity index (χ4n) is 4.17. The van der Waals surface area contributed by atoms with Gasteiger partial charge in [0.1, 0.15) is 6.10 Å². The van der Waals surface area contributed by atoms with E-state index >= 15 is 0 Å². The van der Waals surface area contributed by atoms with Gasteiger partial charge in [0, 0.05) is 55.1 Å². The van der Waals surface area contributed by atoms with E-state index in [0.29, 0.717) is 0 Å². The van der Waals surface area contributed by atoms with Crippen LogP contribution in [0.4, 0.5) is 0 Å². The first-order chi connectivity index (χ1) is 13.2. The van der Waals surface area contributed by atoms with Gasteiger partial charge in [0.15, 0.2) is 0 Å². The molecule has 3 aromatic rings. The monoisotopic (exact) mass is 363 g/mol. The van der Waals surface area contributed by atoms with Gasteiger partial charge in [-0.2, -0.15) is 0 Å². The smallest absolute Gasteiger partial charge is 0.100 e. The lowest BCUT2D eigenvalue weighted by atomic mass is 10.0. The fraction of sp³-hybridized carbons (Fsp3) is 0.435. The Kier molecular flexibility index (Phi) is 5.28. The van der Waals surface area contributed by atoms with Crippen LogP contribution in [0, 0.1) is 6.92 Å². The van der Waals surface area contributed by atoms with Crippen LogP contribution in [0.5, 0.6) is 0 Å². The van der Waals surface area contributed by atoms with E-state index in [1.54, 1.807) is 0 Å². The summed E-state index contributed by atoms with van der Waals surface area (Å²) in [5, 5.41) is 1.40. The van der Waals surface area contributed by atoms with Crippen molar-refractivity contribution in [3.8, 4) is 0 Å². The molecule has 0 saturated heterocycles. The first-order valence-electron chi connectivity index (χ1n) is 9.98. The van der Waals surface area contributed by atoms with Crippen LogP contribution in [0.15, 0.2) is 42.7 Å². The number of nitrogens with zero attached hydrogens (tertiary/aromatic N) is 3. The summed E-state index contributed by atoms with van der Waals surface area (Å²) in [4.78, 5) is 6.59. The number of rotatable bonds is 6. The maximum Gasteiger partial charge on any atom is 0.100 e. The molecule has 4 nitrogen and oxygen atoms in total. The molecule has 27 heavy (non-hydrogen) atoms. The highest BCUT2D eigenvalue weighted by atomic mass is 16.5. The lowest BCUT2D eigenvalue weighted by Gasteiger charge is -2.26. The summed E-state index contributed by atoms with van der Waals surface area (Å²) >= 11 is 0. The molecule has 0 fully saturated rings. The summed E-state index contributed by atoms with van der Waals surface area (Å²) < 4.78 is 8.79. The zero-order chi connectivity index (χ0) is 18.8. The predicted octanol–water partition coefficient (Wildman–Crippen LogP) is 4.50. The zero-order valence-corrected chi connectivity index (χ0v) is 16.6. The molecule has 0 saturated carbocycles. The average Bonchev–Trinajstić information content (AvgIpc) is 2.98. The molecule has 142 valence electrons. The topological polar surface area (TPSA) is 30.3 Å². The van der Waals surface area contributed by atoms with Crippen molar-refractivity contribution in [3.05, 3.63) is 65.1 Å². The third kappa shape index (κ3) is 3.64. The maximum absolute atomic E-state index is 6.28. The minimum Gasteiger partial charge on any atom is -0.372 e. The normalized spacial score (nSPS) is 15.8. The van der Waals surface area contributed by atoms with E-state index in [-0.39, 0.29) is 6.10 Å². The molecule has 0 bridgehead atoms. The van der Waals surface area contributed by atoms with Gasteiger partial charge >= 0.3 is 0 Å². The van der Waals surface area contributed by atoms with Crippen molar-refractivity contribution in [1.29, 1.82) is 0 Å². The van der Waals surface area contributed by atoms with Crippen LogP contribution in [0.3, 0.4) is 0 Å². The Labute approximate surface area is 161 Å². The van der Waals surface area contributed by atoms with Crippen molar-refractivity contribution >= 4 is 10.9 Å². The second kappa shape index (κ2) is 7.83. The second-order valence-electron chi connectivity index (χ2n) is 7.68. The van der Waals surface area contributed by atoms with Crippen LogP contribution in [0.2, 0.25) is 0 Å². The molecular formula is C23H29N3O. The Morgan fingerprint density at radius 3 is 2.78 bits per heavy atom. The molecule has 0 N–H and O–H groups in total. The number of ether oxygens (including phenoxy) is 1. The van der Waals surface area contributed by atoms with Crippen molar-refractivity contribution in [3.63, 3.8) is 0 Å². The number of hydrogen-bond acceptors (Lipinski definition) is 3. The standard InChI is InChI=1S/C23H29N3O/c1-4-13-27-23(18-7-10-24-11-8-18)16-26-21-6-5-17(2)14-19(21)20-15-25(3)12-9-22(20)26/h5-8,10-11,14,23H,4,9,12-13,15-16H2,1-3H3/t23-/m1/s1. The van der Waals surface area contributed by atoms with Gasteiger partial charge < -0.3 is 14.2 Å². The van der Waals surface area contributed by atoms with Gasteiger partial charge in [-0.3, -0.25) is 4.98 Å². The summed E-state index contributed by atoms with van der Waals surface area (Å²) in [5.74, 6) is 0. The Morgan fingerprint density at radius 1 is 1.19 bits per heavy atom. The number of aryl methyl sites for hydroxylation is 1. The fourth-order valence-corrected chi connectivity index (χ4v) is 4.17. The molecule has 0 aliphatic carbocycles. The van der Waals surface area contributed by atoms with Gasteiger partial charge in [0.2, 0.25) is 0 Å². The minimum atomic E-state index is 0.0496. The Bertz CT molecular complexity index is 916. The zero-order valence-electron chi connectivity index (χ0n) is 16.6. The van der Waals surface area contributed by atoms with E-state index in [1.807, 2.05) is 12.4 Å². The lowest BCUT2D eigenvalue weighted by molar-refractivity contribution is 0.0410. The van der Waals surface area contributed by atoms with Gasteiger partial charge in [-0.25, -0.2) is 0 Å². The number of fused-ring (bicyclic) bond motifs is 3. The summed E-state index contributed by atoms with van der Waals surface area (Å²) in [6.45, 7) is 8.10. The molecule has 0 radical (unpaired) electrons. The molecule has 0 spiro atoms. The molecule has 4 rings (SSSR count). The van der Waals surface area contributed by atoms with Gasteiger partial charge in [0.05, 0.1) is 6.54 Å². The quantitative estimate of drug-likeness (QED) is 0.646. The van der Waals surface area contributed by atoms with Crippen LogP contribution in [-0.2, 0) is 24.2 Å². The van der Waals surface area contributed by atoms with Crippen LogP contribution < -0.4 is 0 Å². The first-order valence-corrected chi connectivity index (χ1v) is 9.98. The summed E-state index contributed by atoms with van der Waals surface area (Å²) in [5.41, 5.74) is 6.83. The van der Waals surface area contributed by atoms with Crippen molar-refractivity contribution < 1.29 is 4.74 Å². The Balaban J connectivity index is 1.78. The van der Waals surface area contributed by atoms with Crippen LogP contribution >= 0.6 is 0 Å². The average molecular weight is 364 g/mol. The Hall–Kier alpha value is -2.17. The van der Waals surface area contributed by atoms with E-state index < -0.39 is 0 Å². The van der Waals surface area contributed by atoms with Crippen LogP contribution in [0.1, 0.15) is 41.8 Å². The molecule has 1 aliphatic heterocycles. The molecule has 2 aromatic heterocycles. The number of likely N-dealkylation sites (N-methyl/N-ethyl adjacent to an activating group) is 1. The second-order valence-corrected chi connectivity index (χ2v) is 7.68. The molecule has 1 atom stereocenters. The van der Waals surface area contributed by atoms with Crippen molar-refractivity contribution in [2.24, 2.45) is 0 Å². The van der Waals surface area contributed by atoms with Gasteiger partial charge in [0.25, 0.3) is 0 Å². The van der Waals surface area contributed by atoms with Crippen LogP contribution in [0.25, 0.3) is 10.9 Å². The number of benzene rings is 1. The van der Waals surface area contributed by atoms with E-state index in [0.717, 1.165) is 39.1 Å². The van der Waals surface area contributed by atoms with E-state index in [9.17, 15) is 0 Å². The molecule has 1 aliphatic rings. The van der Waals surface area contributed by atoms with Crippen molar-refractivity contribution in [1.82, 2.24) is 14.5 Å². The van der Waals surface area contributed by atoms with Gasteiger partial charge in [-0.15, -0.1) is 0 Å². The highest BCUT2D eigenvalue weighted by Gasteiger charge is 2.24. The third-order valence-electron chi connectivity index (χ3n) is 5.55. The third-order valence-corrected chi connectivity index (χ3v) is 5.55. The molecule has 4 heteroatoms. The summed E-state index contributed by atoms with van der Waals surface area (Å²) in [7, 11) is 2.21. The SMILES string of the molecule is CCCO[C@H](Cn1c2c(c3cc(C)ccc31)CN(C)CC2)c1ccncc1. The van der Waals surface area contributed by atoms with Crippen molar-refractivity contribution in [2.75, 3.05) is 20.2 Å². The van der Waals surface area contributed by atoms with E-state index in [2.05, 4.69) is 65.7 Å². The summed E-state index contributed by atoms with van der Waals surface area (Å²) in [6.07, 6.45) is 5.89. The van der Waals surface area contributed by atoms with Crippen molar-refractivity contribution in [2.45, 2.75) is 45.9 Å². The molecule has 0 unspecified atom stereocenters. The lowest BCUT2D eigenvalue weighted by Crippen LogP contribution is -2.28. The number of hydrogen-bond donors (Lipinski definition) is 0. The molecule has 0 amide bonds. The van der Waals surface area contributed by atoms with Crippen LogP contribution in [-0.4, -0.2) is 34.7 Å². The van der Waals surface area contributed by atoms with Gasteiger partial charge in [-0.05, 0) is 55.8 Å². The number of pyridine rings is 1. The molecule has 1 aromatic carbocycles. The predicted molar refractivity (Wildman–Crippen MR) is 110 cm³/mol. The highest BCUT2D eigenvalue weighted by Crippen LogP contribution is 2.33. The highest BCUT2D eigenvalue weighted by molar-refractivity contribution is 5.86. The minimum absolute atomic E-state index is 0.0496. The van der Waals surface area contributed by atoms with E-state index in [4.69, 9.17) is 4.74 Å².